The van der Waals surface area contributed by atoms with Crippen LogP contribution in [-0.2, 0) is 0 Å². The summed E-state index contributed by atoms with van der Waals surface area (Å²) in [6, 6.07) is 5.27. The molecule has 0 aliphatic carbocycles. The van der Waals surface area contributed by atoms with E-state index in [-0.39, 0.29) is 11.9 Å². The molecule has 0 aromatic heterocycles. The average Bonchev–Trinajstić information content (AvgIpc) is 2.39. The highest BCUT2D eigenvalue weighted by Gasteiger charge is 2.13. The van der Waals surface area contributed by atoms with Crippen LogP contribution in [0.4, 0.5) is 4.39 Å². The SMILES string of the molecule is CCCCCCCCC(NN)c1ccc(C)cc1F. The molecule has 1 rings (SSSR count). The summed E-state index contributed by atoms with van der Waals surface area (Å²) >= 11 is 0. The second kappa shape index (κ2) is 9.05. The third-order valence-corrected chi connectivity index (χ3v) is 3.58. The smallest absolute Gasteiger partial charge is 0.128 e. The Hall–Kier alpha value is -0.930. The molecule has 0 aliphatic rings. The molecule has 0 fully saturated rings. The third kappa shape index (κ3) is 5.70. The average molecular weight is 266 g/mol. The van der Waals surface area contributed by atoms with Crippen molar-refractivity contribution in [2.24, 2.45) is 5.84 Å². The van der Waals surface area contributed by atoms with Crippen molar-refractivity contribution < 1.29 is 4.39 Å². The minimum atomic E-state index is -0.158. The normalized spacial score (nSPS) is 12.6. The highest BCUT2D eigenvalue weighted by Crippen LogP contribution is 2.23. The van der Waals surface area contributed by atoms with E-state index in [1.54, 1.807) is 6.07 Å². The van der Waals surface area contributed by atoms with Crippen LogP contribution in [-0.4, -0.2) is 0 Å². The van der Waals surface area contributed by atoms with E-state index >= 15 is 0 Å². The fourth-order valence-corrected chi connectivity index (χ4v) is 2.37. The Labute approximate surface area is 116 Å². The van der Waals surface area contributed by atoms with Crippen LogP contribution in [0.2, 0.25) is 0 Å². The Morgan fingerprint density at radius 3 is 2.47 bits per heavy atom. The number of hydrogen-bond acceptors (Lipinski definition) is 2. The first-order chi connectivity index (χ1) is 9.19. The summed E-state index contributed by atoms with van der Waals surface area (Å²) in [5.74, 6) is 5.40. The van der Waals surface area contributed by atoms with Crippen molar-refractivity contribution >= 4 is 0 Å². The van der Waals surface area contributed by atoms with Crippen LogP contribution in [0.3, 0.4) is 0 Å². The number of halogens is 1. The summed E-state index contributed by atoms with van der Waals surface area (Å²) in [4.78, 5) is 0. The predicted molar refractivity (Wildman–Crippen MR) is 79.2 cm³/mol. The molecule has 1 unspecified atom stereocenters. The molecule has 3 N–H and O–H groups in total. The van der Waals surface area contributed by atoms with Gasteiger partial charge in [0, 0.05) is 11.6 Å². The van der Waals surface area contributed by atoms with Crippen LogP contribution >= 0.6 is 0 Å². The second-order valence-electron chi connectivity index (χ2n) is 5.30. The highest BCUT2D eigenvalue weighted by molar-refractivity contribution is 5.26. The van der Waals surface area contributed by atoms with E-state index in [4.69, 9.17) is 5.84 Å². The first-order valence-electron chi connectivity index (χ1n) is 7.41. The van der Waals surface area contributed by atoms with Crippen molar-refractivity contribution in [3.05, 3.63) is 35.1 Å². The molecule has 0 aliphatic heterocycles. The van der Waals surface area contributed by atoms with Crippen molar-refractivity contribution in [3.8, 4) is 0 Å². The van der Waals surface area contributed by atoms with Gasteiger partial charge in [-0.3, -0.25) is 11.3 Å². The topological polar surface area (TPSA) is 38.0 Å². The molecule has 19 heavy (non-hydrogen) atoms. The zero-order valence-electron chi connectivity index (χ0n) is 12.2. The monoisotopic (exact) mass is 266 g/mol. The van der Waals surface area contributed by atoms with E-state index < -0.39 is 0 Å². The van der Waals surface area contributed by atoms with Gasteiger partial charge in [-0.15, -0.1) is 0 Å². The lowest BCUT2D eigenvalue weighted by Gasteiger charge is -2.17. The minimum absolute atomic E-state index is 0.0771. The molecule has 0 radical (unpaired) electrons. The van der Waals surface area contributed by atoms with Gasteiger partial charge in [-0.2, -0.15) is 0 Å². The van der Waals surface area contributed by atoms with Gasteiger partial charge < -0.3 is 0 Å². The summed E-state index contributed by atoms with van der Waals surface area (Å²) in [5, 5.41) is 0. The van der Waals surface area contributed by atoms with Crippen LogP contribution in [0.25, 0.3) is 0 Å². The number of nitrogens with one attached hydrogen (secondary N) is 1. The van der Waals surface area contributed by atoms with Crippen molar-refractivity contribution in [1.82, 2.24) is 5.43 Å². The number of rotatable bonds is 9. The van der Waals surface area contributed by atoms with Gasteiger partial charge >= 0.3 is 0 Å². The van der Waals surface area contributed by atoms with Crippen LogP contribution < -0.4 is 11.3 Å². The Morgan fingerprint density at radius 2 is 1.84 bits per heavy atom. The van der Waals surface area contributed by atoms with Crippen molar-refractivity contribution in [2.75, 3.05) is 0 Å². The van der Waals surface area contributed by atoms with E-state index in [0.717, 1.165) is 18.4 Å². The maximum absolute atomic E-state index is 13.9. The molecule has 3 heteroatoms. The molecule has 0 saturated heterocycles. The van der Waals surface area contributed by atoms with Gasteiger partial charge in [-0.1, -0.05) is 57.6 Å². The molecule has 0 amide bonds. The summed E-state index contributed by atoms with van der Waals surface area (Å²) in [6.45, 7) is 4.11. The fraction of sp³-hybridized carbons (Fsp3) is 0.625. The lowest BCUT2D eigenvalue weighted by molar-refractivity contribution is 0.457. The maximum atomic E-state index is 13.9. The molecule has 0 spiro atoms. The van der Waals surface area contributed by atoms with Gasteiger partial charge in [0.05, 0.1) is 0 Å². The van der Waals surface area contributed by atoms with Gasteiger partial charge in [0.15, 0.2) is 0 Å². The fourth-order valence-electron chi connectivity index (χ4n) is 2.37. The van der Waals surface area contributed by atoms with Crippen LogP contribution in [0.1, 0.15) is 69.0 Å². The lowest BCUT2D eigenvalue weighted by atomic mass is 9.98. The predicted octanol–water partition coefficient (Wildman–Crippen LogP) is 4.39. The Bertz CT molecular complexity index is 366. The molecule has 2 nitrogen and oxygen atoms in total. The molecule has 1 aromatic carbocycles. The number of hydrogen-bond donors (Lipinski definition) is 2. The standard InChI is InChI=1S/C16H27FN2/c1-3-4-5-6-7-8-9-16(19-18)14-11-10-13(2)12-15(14)17/h10-12,16,19H,3-9,18H2,1-2H3. The molecular weight excluding hydrogens is 239 g/mol. The van der Waals surface area contributed by atoms with Crippen molar-refractivity contribution in [1.29, 1.82) is 0 Å². The zero-order chi connectivity index (χ0) is 14.1. The number of unbranched alkanes of at least 4 members (excludes halogenated alkanes) is 5. The van der Waals surface area contributed by atoms with E-state index in [1.165, 1.54) is 32.1 Å². The van der Waals surface area contributed by atoms with Crippen LogP contribution in [0.15, 0.2) is 18.2 Å². The van der Waals surface area contributed by atoms with E-state index in [0.29, 0.717) is 5.56 Å². The first-order valence-corrected chi connectivity index (χ1v) is 7.41. The number of hydrazine groups is 1. The molecule has 1 aromatic rings. The second-order valence-corrected chi connectivity index (χ2v) is 5.30. The molecular formula is C16H27FN2. The minimum Gasteiger partial charge on any atom is -0.271 e. The molecule has 1 atom stereocenters. The zero-order valence-corrected chi connectivity index (χ0v) is 12.2. The Kier molecular flexibility index (Phi) is 7.68. The molecule has 108 valence electrons. The summed E-state index contributed by atoms with van der Waals surface area (Å²) < 4.78 is 13.9. The lowest BCUT2D eigenvalue weighted by Crippen LogP contribution is -2.28. The van der Waals surface area contributed by atoms with Crippen molar-refractivity contribution in [2.45, 2.75) is 64.8 Å². The van der Waals surface area contributed by atoms with E-state index in [1.807, 2.05) is 19.1 Å². The van der Waals surface area contributed by atoms with Gasteiger partial charge in [-0.05, 0) is 25.0 Å². The molecule has 0 saturated carbocycles. The van der Waals surface area contributed by atoms with Gasteiger partial charge in [-0.25, -0.2) is 4.39 Å². The molecule has 0 bridgehead atoms. The van der Waals surface area contributed by atoms with Gasteiger partial charge in [0.25, 0.3) is 0 Å². The maximum Gasteiger partial charge on any atom is 0.128 e. The Morgan fingerprint density at radius 1 is 1.16 bits per heavy atom. The number of benzene rings is 1. The van der Waals surface area contributed by atoms with Crippen LogP contribution in [0, 0.1) is 12.7 Å². The summed E-state index contributed by atoms with van der Waals surface area (Å²) in [7, 11) is 0. The summed E-state index contributed by atoms with van der Waals surface area (Å²) in [6.07, 6.45) is 8.32. The first kappa shape index (κ1) is 16.1. The Balaban J connectivity index is 2.40. The largest absolute Gasteiger partial charge is 0.271 e. The highest BCUT2D eigenvalue weighted by atomic mass is 19.1. The summed E-state index contributed by atoms with van der Waals surface area (Å²) in [5.41, 5.74) is 4.36. The van der Waals surface area contributed by atoms with Gasteiger partial charge in [0.1, 0.15) is 5.82 Å². The third-order valence-electron chi connectivity index (χ3n) is 3.58. The van der Waals surface area contributed by atoms with E-state index in [2.05, 4.69) is 12.3 Å². The van der Waals surface area contributed by atoms with Gasteiger partial charge in [0.2, 0.25) is 0 Å². The van der Waals surface area contributed by atoms with Crippen LogP contribution in [0.5, 0.6) is 0 Å². The quantitative estimate of drug-likeness (QED) is 0.395. The van der Waals surface area contributed by atoms with E-state index in [9.17, 15) is 4.39 Å². The number of nitrogens with two attached hydrogens (primary N) is 1. The van der Waals surface area contributed by atoms with Crippen molar-refractivity contribution in [3.63, 3.8) is 0 Å². The molecule has 0 heterocycles. The number of aryl methyl sites for hydroxylation is 1.